The van der Waals surface area contributed by atoms with Crippen molar-refractivity contribution >= 4 is 17.4 Å². The maximum absolute atomic E-state index is 5.99. The normalized spacial score (nSPS) is 17.8. The second-order valence-corrected chi connectivity index (χ2v) is 8.22. The van der Waals surface area contributed by atoms with Crippen LogP contribution in [0.15, 0.2) is 48.8 Å². The third kappa shape index (κ3) is 3.91. The Morgan fingerprint density at radius 2 is 1.75 bits per heavy atom. The van der Waals surface area contributed by atoms with Gasteiger partial charge in [-0.25, -0.2) is 9.97 Å². The number of nitrogens with zero attached hydrogens (tertiary/aromatic N) is 4. The Hall–Kier alpha value is -2.37. The van der Waals surface area contributed by atoms with Crippen LogP contribution in [0.3, 0.4) is 0 Å². The van der Waals surface area contributed by atoms with Crippen LogP contribution >= 0.6 is 11.6 Å². The van der Waals surface area contributed by atoms with Crippen molar-refractivity contribution in [3.63, 3.8) is 0 Å². The molecule has 1 saturated heterocycles. The second kappa shape index (κ2) is 7.57. The van der Waals surface area contributed by atoms with Gasteiger partial charge in [0.05, 0.1) is 11.9 Å². The molecule has 2 fully saturated rings. The molecule has 1 aromatic carbocycles. The number of imidazole rings is 1. The molecule has 0 atom stereocenters. The van der Waals surface area contributed by atoms with Crippen molar-refractivity contribution in [2.24, 2.45) is 5.92 Å². The first-order valence-electron chi connectivity index (χ1n) is 9.99. The van der Waals surface area contributed by atoms with Crippen molar-refractivity contribution in [1.29, 1.82) is 0 Å². The molecule has 1 saturated carbocycles. The van der Waals surface area contributed by atoms with Crippen LogP contribution in [0, 0.1) is 5.92 Å². The van der Waals surface area contributed by atoms with Gasteiger partial charge < -0.3 is 9.88 Å². The van der Waals surface area contributed by atoms with Crippen LogP contribution in [-0.4, -0.2) is 52.6 Å². The lowest BCUT2D eigenvalue weighted by atomic mass is 10.2. The molecule has 1 aliphatic heterocycles. The highest BCUT2D eigenvalue weighted by Gasteiger charge is 2.26. The molecule has 1 N–H and O–H groups in total. The van der Waals surface area contributed by atoms with Crippen molar-refractivity contribution in [1.82, 2.24) is 19.9 Å². The number of aromatic nitrogens is 3. The molecular weight excluding hydrogens is 370 g/mol. The minimum atomic E-state index is 0.736. The molecule has 0 amide bonds. The molecule has 144 valence electrons. The van der Waals surface area contributed by atoms with Gasteiger partial charge in [-0.05, 0) is 48.6 Å². The zero-order valence-corrected chi connectivity index (χ0v) is 16.6. The molecule has 1 aliphatic carbocycles. The summed E-state index contributed by atoms with van der Waals surface area (Å²) >= 11 is 5.99. The quantitative estimate of drug-likeness (QED) is 0.701. The number of pyridine rings is 1. The number of anilines is 1. The van der Waals surface area contributed by atoms with Crippen LogP contribution in [0.1, 0.15) is 12.8 Å². The van der Waals surface area contributed by atoms with Crippen LogP contribution in [0.25, 0.3) is 22.6 Å². The standard InChI is InChI=1S/C22H24ClN5/c23-19-5-3-17(4-6-19)20-14-25-22(26-20)18-7-8-24-21(13-18)28-11-9-27(10-12-28)15-16-1-2-16/h3-8,13-14,16H,1-2,9-12,15H2,(H,25,26). The molecule has 6 heteroatoms. The summed E-state index contributed by atoms with van der Waals surface area (Å²) in [6.45, 7) is 5.61. The van der Waals surface area contributed by atoms with E-state index in [0.29, 0.717) is 0 Å². The van der Waals surface area contributed by atoms with Crippen LogP contribution in [0.2, 0.25) is 5.02 Å². The van der Waals surface area contributed by atoms with Gasteiger partial charge in [0.15, 0.2) is 0 Å². The van der Waals surface area contributed by atoms with Gasteiger partial charge in [0, 0.05) is 49.5 Å². The SMILES string of the molecule is Clc1ccc(-c2cnc(-c3ccnc(N4CCN(CC5CC5)CC4)c3)[nH]2)cc1. The first-order valence-corrected chi connectivity index (χ1v) is 10.4. The molecule has 3 aromatic rings. The number of hydrogen-bond acceptors (Lipinski definition) is 4. The third-order valence-electron chi connectivity index (χ3n) is 5.66. The summed E-state index contributed by atoms with van der Waals surface area (Å²) < 4.78 is 0. The van der Waals surface area contributed by atoms with Crippen molar-refractivity contribution in [3.8, 4) is 22.6 Å². The van der Waals surface area contributed by atoms with Gasteiger partial charge in [-0.3, -0.25) is 4.90 Å². The van der Waals surface area contributed by atoms with E-state index in [1.54, 1.807) is 0 Å². The lowest BCUT2D eigenvalue weighted by molar-refractivity contribution is 0.247. The highest BCUT2D eigenvalue weighted by atomic mass is 35.5. The summed E-state index contributed by atoms with van der Waals surface area (Å²) in [7, 11) is 0. The van der Waals surface area contributed by atoms with Gasteiger partial charge >= 0.3 is 0 Å². The number of rotatable bonds is 5. The molecule has 5 nitrogen and oxygen atoms in total. The van der Waals surface area contributed by atoms with Gasteiger partial charge in [-0.1, -0.05) is 23.7 Å². The first kappa shape index (κ1) is 17.7. The molecule has 2 aromatic heterocycles. The van der Waals surface area contributed by atoms with Gasteiger partial charge in [-0.2, -0.15) is 0 Å². The topological polar surface area (TPSA) is 48.1 Å². The average molecular weight is 394 g/mol. The summed E-state index contributed by atoms with van der Waals surface area (Å²) in [5, 5.41) is 0.736. The average Bonchev–Trinajstić information content (AvgIpc) is 3.41. The highest BCUT2D eigenvalue weighted by Crippen LogP contribution is 2.30. The predicted octanol–water partition coefficient (Wildman–Crippen LogP) is 4.32. The number of benzene rings is 1. The van der Waals surface area contributed by atoms with Crippen LogP contribution in [-0.2, 0) is 0 Å². The maximum atomic E-state index is 5.99. The van der Waals surface area contributed by atoms with E-state index in [2.05, 4.69) is 30.8 Å². The summed E-state index contributed by atoms with van der Waals surface area (Å²) in [4.78, 5) is 17.6. The summed E-state index contributed by atoms with van der Waals surface area (Å²) in [5.41, 5.74) is 3.12. The van der Waals surface area contributed by atoms with E-state index in [1.807, 2.05) is 42.7 Å². The Kier molecular flexibility index (Phi) is 4.79. The largest absolute Gasteiger partial charge is 0.354 e. The Labute approximate surface area is 170 Å². The number of halogens is 1. The van der Waals surface area contributed by atoms with E-state index in [0.717, 1.165) is 65.6 Å². The Bertz CT molecular complexity index is 940. The zero-order chi connectivity index (χ0) is 18.9. The number of hydrogen-bond donors (Lipinski definition) is 1. The van der Waals surface area contributed by atoms with E-state index < -0.39 is 0 Å². The minimum Gasteiger partial charge on any atom is -0.354 e. The lowest BCUT2D eigenvalue weighted by Crippen LogP contribution is -2.47. The van der Waals surface area contributed by atoms with Crippen molar-refractivity contribution in [2.45, 2.75) is 12.8 Å². The van der Waals surface area contributed by atoms with Gasteiger partial charge in [0.25, 0.3) is 0 Å². The number of piperazine rings is 1. The van der Waals surface area contributed by atoms with Crippen molar-refractivity contribution in [2.75, 3.05) is 37.6 Å². The molecule has 0 bridgehead atoms. The first-order chi connectivity index (χ1) is 13.7. The summed E-state index contributed by atoms with van der Waals surface area (Å²) in [5.74, 6) is 2.86. The number of nitrogens with one attached hydrogen (secondary N) is 1. The molecule has 0 unspecified atom stereocenters. The van der Waals surface area contributed by atoms with Gasteiger partial charge in [0.1, 0.15) is 11.6 Å². The smallest absolute Gasteiger partial charge is 0.137 e. The van der Waals surface area contributed by atoms with Gasteiger partial charge in [0.2, 0.25) is 0 Å². The van der Waals surface area contributed by atoms with Crippen LogP contribution in [0.4, 0.5) is 5.82 Å². The van der Waals surface area contributed by atoms with E-state index in [1.165, 1.54) is 19.4 Å². The molecule has 5 rings (SSSR count). The van der Waals surface area contributed by atoms with Gasteiger partial charge in [-0.15, -0.1) is 0 Å². The van der Waals surface area contributed by atoms with Crippen LogP contribution in [0.5, 0.6) is 0 Å². The second-order valence-electron chi connectivity index (χ2n) is 7.79. The summed E-state index contributed by atoms with van der Waals surface area (Å²) in [6, 6.07) is 11.9. The predicted molar refractivity (Wildman–Crippen MR) is 114 cm³/mol. The number of aromatic amines is 1. The van der Waals surface area contributed by atoms with Crippen LogP contribution < -0.4 is 4.90 Å². The zero-order valence-electron chi connectivity index (χ0n) is 15.8. The molecule has 0 radical (unpaired) electrons. The highest BCUT2D eigenvalue weighted by molar-refractivity contribution is 6.30. The molecule has 3 heterocycles. The van der Waals surface area contributed by atoms with E-state index in [4.69, 9.17) is 11.6 Å². The fraction of sp³-hybridized carbons (Fsp3) is 0.364. The minimum absolute atomic E-state index is 0.736. The molecule has 0 spiro atoms. The maximum Gasteiger partial charge on any atom is 0.137 e. The third-order valence-corrected chi connectivity index (χ3v) is 5.91. The van der Waals surface area contributed by atoms with Crippen molar-refractivity contribution in [3.05, 3.63) is 53.8 Å². The lowest BCUT2D eigenvalue weighted by Gasteiger charge is -2.35. The Morgan fingerprint density at radius 3 is 2.50 bits per heavy atom. The Balaban J connectivity index is 1.30. The van der Waals surface area contributed by atoms with Crippen molar-refractivity contribution < 1.29 is 0 Å². The van der Waals surface area contributed by atoms with E-state index >= 15 is 0 Å². The van der Waals surface area contributed by atoms with E-state index in [-0.39, 0.29) is 0 Å². The van der Waals surface area contributed by atoms with E-state index in [9.17, 15) is 0 Å². The summed E-state index contributed by atoms with van der Waals surface area (Å²) in [6.07, 6.45) is 6.59. The monoisotopic (exact) mass is 393 g/mol. The molecular formula is C22H24ClN5. The molecule has 28 heavy (non-hydrogen) atoms. The number of H-pyrrole nitrogens is 1. The fourth-order valence-corrected chi connectivity index (χ4v) is 3.93. The fourth-order valence-electron chi connectivity index (χ4n) is 3.81. The molecule has 2 aliphatic rings. The Morgan fingerprint density at radius 1 is 0.964 bits per heavy atom.